The molecule has 0 bridgehead atoms. The van der Waals surface area contributed by atoms with Gasteiger partial charge in [-0.1, -0.05) is 29.3 Å². The van der Waals surface area contributed by atoms with Gasteiger partial charge in [0.25, 0.3) is 5.56 Å². The van der Waals surface area contributed by atoms with Gasteiger partial charge in [-0.05, 0) is 12.1 Å². The van der Waals surface area contributed by atoms with Gasteiger partial charge in [0.05, 0.1) is 11.2 Å². The number of aromatic nitrogens is 3. The summed E-state index contributed by atoms with van der Waals surface area (Å²) in [5.41, 5.74) is 2.84. The van der Waals surface area contributed by atoms with Crippen LogP contribution < -0.4 is 11.0 Å². The van der Waals surface area contributed by atoms with E-state index in [1.807, 2.05) is 0 Å². The number of rotatable bonds is 3. The summed E-state index contributed by atoms with van der Waals surface area (Å²) in [6.45, 7) is 0. The van der Waals surface area contributed by atoms with Gasteiger partial charge < -0.3 is 0 Å². The molecule has 0 aliphatic rings. The molecule has 1 aromatic heterocycles. The maximum atomic E-state index is 10.9. The predicted octanol–water partition coefficient (Wildman–Crippen LogP) is 1.92. The van der Waals surface area contributed by atoms with E-state index in [9.17, 15) is 4.79 Å². The van der Waals surface area contributed by atoms with Gasteiger partial charge >= 0.3 is 0 Å². The molecule has 0 aliphatic carbocycles. The molecule has 0 amide bonds. The lowest BCUT2D eigenvalue weighted by Crippen LogP contribution is -2.10. The SMILES string of the molecule is O=c1cnnc(N/N=C/c2ccc(Cl)cc2Cl)[nH]1. The van der Waals surface area contributed by atoms with Crippen LogP contribution in [0.5, 0.6) is 0 Å². The molecule has 0 radical (unpaired) electrons. The number of halogens is 2. The van der Waals surface area contributed by atoms with E-state index in [0.717, 1.165) is 6.20 Å². The Labute approximate surface area is 112 Å². The number of anilines is 1. The molecule has 0 spiro atoms. The Morgan fingerprint density at radius 3 is 2.94 bits per heavy atom. The second-order valence-corrected chi connectivity index (χ2v) is 4.06. The highest BCUT2D eigenvalue weighted by Crippen LogP contribution is 2.19. The predicted molar refractivity (Wildman–Crippen MR) is 70.3 cm³/mol. The molecule has 0 fully saturated rings. The van der Waals surface area contributed by atoms with Crippen LogP contribution >= 0.6 is 23.2 Å². The molecule has 1 aromatic carbocycles. The third-order valence-corrected chi connectivity index (χ3v) is 2.47. The molecule has 0 atom stereocenters. The number of nitrogens with zero attached hydrogens (tertiary/aromatic N) is 3. The molecule has 0 saturated carbocycles. The second kappa shape index (κ2) is 5.61. The third-order valence-electron chi connectivity index (χ3n) is 1.91. The topological polar surface area (TPSA) is 83.0 Å². The quantitative estimate of drug-likeness (QED) is 0.666. The summed E-state index contributed by atoms with van der Waals surface area (Å²) in [5.74, 6) is 0.142. The molecule has 0 unspecified atom stereocenters. The van der Waals surface area contributed by atoms with Crippen LogP contribution in [0.1, 0.15) is 5.56 Å². The van der Waals surface area contributed by atoms with Crippen molar-refractivity contribution >= 4 is 35.4 Å². The summed E-state index contributed by atoms with van der Waals surface area (Å²) in [5, 5.41) is 12.0. The Morgan fingerprint density at radius 1 is 1.39 bits per heavy atom. The van der Waals surface area contributed by atoms with E-state index >= 15 is 0 Å². The highest BCUT2D eigenvalue weighted by Gasteiger charge is 1.98. The maximum absolute atomic E-state index is 10.9. The Balaban J connectivity index is 2.10. The number of benzene rings is 1. The van der Waals surface area contributed by atoms with E-state index in [1.165, 1.54) is 6.21 Å². The lowest BCUT2D eigenvalue weighted by molar-refractivity contribution is 0.939. The van der Waals surface area contributed by atoms with Crippen molar-refractivity contribution in [3.8, 4) is 0 Å². The van der Waals surface area contributed by atoms with Crippen molar-refractivity contribution in [1.82, 2.24) is 15.2 Å². The average molecular weight is 284 g/mol. The Bertz CT molecular complexity index is 640. The Morgan fingerprint density at radius 2 is 2.22 bits per heavy atom. The van der Waals surface area contributed by atoms with E-state index in [2.05, 4.69) is 25.7 Å². The number of nitrogens with one attached hydrogen (secondary N) is 2. The van der Waals surface area contributed by atoms with Gasteiger partial charge in [0.15, 0.2) is 0 Å². The summed E-state index contributed by atoms with van der Waals surface area (Å²) < 4.78 is 0. The van der Waals surface area contributed by atoms with Gasteiger partial charge in [-0.3, -0.25) is 9.78 Å². The molecule has 6 nitrogen and oxygen atoms in total. The number of hydrogen-bond acceptors (Lipinski definition) is 5. The zero-order valence-electron chi connectivity index (χ0n) is 8.89. The Kier molecular flexibility index (Phi) is 3.91. The summed E-state index contributed by atoms with van der Waals surface area (Å²) in [6, 6.07) is 5.02. The van der Waals surface area contributed by atoms with Crippen molar-refractivity contribution in [2.75, 3.05) is 5.43 Å². The van der Waals surface area contributed by atoms with Gasteiger partial charge in [-0.15, -0.1) is 10.2 Å². The fourth-order valence-electron chi connectivity index (χ4n) is 1.13. The molecule has 8 heteroatoms. The van der Waals surface area contributed by atoms with Gasteiger partial charge in [0.1, 0.15) is 6.20 Å². The smallest absolute Gasteiger partial charge is 0.271 e. The van der Waals surface area contributed by atoms with Crippen LogP contribution in [0.25, 0.3) is 0 Å². The standard InChI is InChI=1S/C10H7Cl2N5O/c11-7-2-1-6(8(12)3-7)4-13-16-10-15-9(18)5-14-17-10/h1-5H,(H2,15,16,17,18)/b13-4+. The van der Waals surface area contributed by atoms with Crippen molar-refractivity contribution < 1.29 is 0 Å². The molecule has 2 aromatic rings. The number of hydrogen-bond donors (Lipinski definition) is 2. The zero-order valence-corrected chi connectivity index (χ0v) is 10.4. The minimum atomic E-state index is -0.368. The van der Waals surface area contributed by atoms with Gasteiger partial charge in [0, 0.05) is 10.6 Å². The van der Waals surface area contributed by atoms with Gasteiger partial charge in [-0.2, -0.15) is 5.10 Å². The largest absolute Gasteiger partial charge is 0.289 e. The maximum Gasteiger partial charge on any atom is 0.271 e. The van der Waals surface area contributed by atoms with Crippen LogP contribution in [0.3, 0.4) is 0 Å². The van der Waals surface area contributed by atoms with Crippen LogP contribution in [0.15, 0.2) is 34.3 Å². The van der Waals surface area contributed by atoms with Crippen molar-refractivity contribution in [2.24, 2.45) is 5.10 Å². The monoisotopic (exact) mass is 283 g/mol. The molecule has 18 heavy (non-hydrogen) atoms. The molecule has 2 N–H and O–H groups in total. The van der Waals surface area contributed by atoms with Crippen molar-refractivity contribution in [3.05, 3.63) is 50.4 Å². The number of aromatic amines is 1. The lowest BCUT2D eigenvalue weighted by atomic mass is 10.2. The first-order chi connectivity index (χ1) is 8.65. The van der Waals surface area contributed by atoms with Gasteiger partial charge in [-0.25, -0.2) is 5.43 Å². The van der Waals surface area contributed by atoms with Crippen LogP contribution in [-0.4, -0.2) is 21.4 Å². The van der Waals surface area contributed by atoms with E-state index in [0.29, 0.717) is 15.6 Å². The molecule has 1 heterocycles. The lowest BCUT2D eigenvalue weighted by Gasteiger charge is -1.99. The van der Waals surface area contributed by atoms with E-state index in [1.54, 1.807) is 18.2 Å². The second-order valence-electron chi connectivity index (χ2n) is 3.22. The molecule has 2 rings (SSSR count). The molecular formula is C10H7Cl2N5O. The minimum Gasteiger partial charge on any atom is -0.289 e. The van der Waals surface area contributed by atoms with Crippen molar-refractivity contribution in [3.63, 3.8) is 0 Å². The first kappa shape index (κ1) is 12.5. The van der Waals surface area contributed by atoms with Crippen LogP contribution in [-0.2, 0) is 0 Å². The van der Waals surface area contributed by atoms with E-state index in [-0.39, 0.29) is 11.5 Å². The number of H-pyrrole nitrogens is 1. The third kappa shape index (κ3) is 3.28. The first-order valence-electron chi connectivity index (χ1n) is 4.81. The fourth-order valence-corrected chi connectivity index (χ4v) is 1.59. The highest BCUT2D eigenvalue weighted by molar-refractivity contribution is 6.36. The first-order valence-corrected chi connectivity index (χ1v) is 5.57. The van der Waals surface area contributed by atoms with Crippen LogP contribution in [0, 0.1) is 0 Å². The molecule has 0 aliphatic heterocycles. The normalized spacial score (nSPS) is 10.8. The summed E-state index contributed by atoms with van der Waals surface area (Å²) in [6.07, 6.45) is 2.54. The summed E-state index contributed by atoms with van der Waals surface area (Å²) >= 11 is 11.7. The van der Waals surface area contributed by atoms with Crippen LogP contribution in [0.4, 0.5) is 5.95 Å². The molecule has 92 valence electrons. The summed E-state index contributed by atoms with van der Waals surface area (Å²) in [7, 11) is 0. The van der Waals surface area contributed by atoms with E-state index in [4.69, 9.17) is 23.2 Å². The van der Waals surface area contributed by atoms with Crippen LogP contribution in [0.2, 0.25) is 10.0 Å². The molecule has 0 saturated heterocycles. The van der Waals surface area contributed by atoms with E-state index < -0.39 is 0 Å². The zero-order chi connectivity index (χ0) is 13.0. The highest BCUT2D eigenvalue weighted by atomic mass is 35.5. The number of hydrazone groups is 1. The Hall–Kier alpha value is -1.92. The fraction of sp³-hybridized carbons (Fsp3) is 0. The van der Waals surface area contributed by atoms with Gasteiger partial charge in [0.2, 0.25) is 5.95 Å². The molecular weight excluding hydrogens is 277 g/mol. The minimum absolute atomic E-state index is 0.142. The van der Waals surface area contributed by atoms with Crippen molar-refractivity contribution in [2.45, 2.75) is 0 Å². The average Bonchev–Trinajstić information content (AvgIpc) is 2.32. The summed E-state index contributed by atoms with van der Waals surface area (Å²) in [4.78, 5) is 13.3. The van der Waals surface area contributed by atoms with Crippen molar-refractivity contribution in [1.29, 1.82) is 0 Å².